The van der Waals surface area contributed by atoms with Gasteiger partial charge in [0.05, 0.1) is 0 Å². The van der Waals surface area contributed by atoms with Crippen LogP contribution in [0.25, 0.3) is 0 Å². The van der Waals surface area contributed by atoms with E-state index in [0.29, 0.717) is 19.0 Å². The van der Waals surface area contributed by atoms with Gasteiger partial charge in [0.25, 0.3) is 0 Å². The van der Waals surface area contributed by atoms with E-state index in [4.69, 9.17) is 5.11 Å². The van der Waals surface area contributed by atoms with E-state index in [1.807, 2.05) is 6.07 Å². The molecular weight excluding hydrogens is 202 g/mol. The van der Waals surface area contributed by atoms with Crippen LogP contribution in [0.2, 0.25) is 0 Å². The highest BCUT2D eigenvalue weighted by atomic mass is 16.3. The van der Waals surface area contributed by atoms with Crippen LogP contribution in [0.3, 0.4) is 0 Å². The topological polar surface area (TPSA) is 40.5 Å². The Morgan fingerprint density at radius 3 is 2.81 bits per heavy atom. The lowest BCUT2D eigenvalue weighted by molar-refractivity contribution is -0.134. The molecule has 1 aliphatic rings. The van der Waals surface area contributed by atoms with Crippen LogP contribution in [0, 0.1) is 0 Å². The second-order valence-electron chi connectivity index (χ2n) is 4.55. The zero-order chi connectivity index (χ0) is 11.7. The van der Waals surface area contributed by atoms with Crippen LogP contribution in [0.4, 0.5) is 0 Å². The second-order valence-corrected chi connectivity index (χ2v) is 4.55. The fraction of sp³-hybridized carbons (Fsp3) is 0.462. The summed E-state index contributed by atoms with van der Waals surface area (Å²) in [6.45, 7) is 5.20. The van der Waals surface area contributed by atoms with Gasteiger partial charge in [-0.2, -0.15) is 0 Å². The molecule has 0 radical (unpaired) electrons. The number of carbonyl (C=O) groups is 1. The molecule has 0 aliphatic carbocycles. The molecule has 0 bridgehead atoms. The molecule has 0 aromatic heterocycles. The molecule has 2 rings (SSSR count). The summed E-state index contributed by atoms with van der Waals surface area (Å²) < 4.78 is 0. The van der Waals surface area contributed by atoms with Gasteiger partial charge in [0.2, 0.25) is 5.91 Å². The van der Waals surface area contributed by atoms with Crippen molar-refractivity contribution in [2.45, 2.75) is 32.9 Å². The highest BCUT2D eigenvalue weighted by Gasteiger charge is 2.25. The number of amides is 1. The standard InChI is InChI=1S/C13H17NO2/c1-9(2)11-5-3-4-10-6-14(7-12(10)11)13(16)8-15/h3-5,9,15H,6-8H2,1-2H3. The Bertz CT molecular complexity index is 412. The van der Waals surface area contributed by atoms with Gasteiger partial charge in [0, 0.05) is 13.1 Å². The Hall–Kier alpha value is -1.35. The molecule has 1 heterocycles. The Kier molecular flexibility index (Phi) is 2.97. The number of carbonyl (C=O) groups excluding carboxylic acids is 1. The fourth-order valence-corrected chi connectivity index (χ4v) is 2.27. The van der Waals surface area contributed by atoms with E-state index in [-0.39, 0.29) is 5.91 Å². The van der Waals surface area contributed by atoms with Crippen molar-refractivity contribution >= 4 is 5.91 Å². The summed E-state index contributed by atoms with van der Waals surface area (Å²) in [4.78, 5) is 13.1. The third-order valence-electron chi connectivity index (χ3n) is 3.13. The largest absolute Gasteiger partial charge is 0.387 e. The quantitative estimate of drug-likeness (QED) is 0.821. The van der Waals surface area contributed by atoms with Crippen LogP contribution in [0.15, 0.2) is 18.2 Å². The molecule has 16 heavy (non-hydrogen) atoms. The van der Waals surface area contributed by atoms with Gasteiger partial charge < -0.3 is 10.0 Å². The minimum absolute atomic E-state index is 0.189. The predicted molar refractivity (Wildman–Crippen MR) is 61.9 cm³/mol. The third-order valence-corrected chi connectivity index (χ3v) is 3.13. The van der Waals surface area contributed by atoms with Gasteiger partial charge in [-0.3, -0.25) is 4.79 Å². The second kappa shape index (κ2) is 4.26. The number of hydrogen-bond acceptors (Lipinski definition) is 2. The average molecular weight is 219 g/mol. The minimum atomic E-state index is -0.398. The van der Waals surface area contributed by atoms with E-state index in [1.165, 1.54) is 16.7 Å². The molecule has 0 fully saturated rings. The molecule has 1 aromatic carbocycles. The van der Waals surface area contributed by atoms with Crippen molar-refractivity contribution in [3.05, 3.63) is 34.9 Å². The summed E-state index contributed by atoms with van der Waals surface area (Å²) in [5, 5.41) is 8.86. The van der Waals surface area contributed by atoms with Gasteiger partial charge in [0.15, 0.2) is 0 Å². The molecule has 86 valence electrons. The third kappa shape index (κ3) is 1.83. The molecular formula is C13H17NO2. The number of fused-ring (bicyclic) bond motifs is 1. The van der Waals surface area contributed by atoms with Crippen LogP contribution in [0.5, 0.6) is 0 Å². The molecule has 0 saturated heterocycles. The van der Waals surface area contributed by atoms with Crippen LogP contribution < -0.4 is 0 Å². The molecule has 0 unspecified atom stereocenters. The van der Waals surface area contributed by atoms with Crippen molar-refractivity contribution in [2.24, 2.45) is 0 Å². The van der Waals surface area contributed by atoms with E-state index in [1.54, 1.807) is 4.90 Å². The van der Waals surface area contributed by atoms with Crippen molar-refractivity contribution in [3.8, 4) is 0 Å². The average Bonchev–Trinajstić information content (AvgIpc) is 2.70. The lowest BCUT2D eigenvalue weighted by Crippen LogP contribution is -2.27. The highest BCUT2D eigenvalue weighted by molar-refractivity contribution is 5.78. The van der Waals surface area contributed by atoms with E-state index in [9.17, 15) is 4.79 Å². The van der Waals surface area contributed by atoms with Gasteiger partial charge in [-0.15, -0.1) is 0 Å². The summed E-state index contributed by atoms with van der Waals surface area (Å²) in [6, 6.07) is 6.23. The molecule has 0 spiro atoms. The van der Waals surface area contributed by atoms with Gasteiger partial charge in [-0.25, -0.2) is 0 Å². The SMILES string of the molecule is CC(C)c1cccc2c1CN(C(=O)CO)C2. The van der Waals surface area contributed by atoms with Crippen molar-refractivity contribution in [3.63, 3.8) is 0 Å². The minimum Gasteiger partial charge on any atom is -0.387 e. The van der Waals surface area contributed by atoms with Gasteiger partial charge >= 0.3 is 0 Å². The molecule has 3 heteroatoms. The van der Waals surface area contributed by atoms with Crippen molar-refractivity contribution < 1.29 is 9.90 Å². The lowest BCUT2D eigenvalue weighted by Gasteiger charge is -2.14. The van der Waals surface area contributed by atoms with E-state index < -0.39 is 6.61 Å². The summed E-state index contributed by atoms with van der Waals surface area (Å²) in [5.41, 5.74) is 3.79. The van der Waals surface area contributed by atoms with E-state index in [0.717, 1.165) is 0 Å². The first-order valence-electron chi connectivity index (χ1n) is 5.62. The summed E-state index contributed by atoms with van der Waals surface area (Å²) in [6.07, 6.45) is 0. The summed E-state index contributed by atoms with van der Waals surface area (Å²) in [5.74, 6) is 0.282. The predicted octanol–water partition coefficient (Wildman–Crippen LogP) is 1.64. The zero-order valence-corrected chi connectivity index (χ0v) is 9.73. The fourth-order valence-electron chi connectivity index (χ4n) is 2.27. The number of rotatable bonds is 2. The first-order valence-corrected chi connectivity index (χ1v) is 5.62. The maximum absolute atomic E-state index is 11.4. The lowest BCUT2D eigenvalue weighted by atomic mass is 9.95. The number of hydrogen-bond donors (Lipinski definition) is 1. The number of aliphatic hydroxyl groups is 1. The van der Waals surface area contributed by atoms with Gasteiger partial charge in [-0.1, -0.05) is 32.0 Å². The Labute approximate surface area is 95.7 Å². The Morgan fingerprint density at radius 2 is 2.19 bits per heavy atom. The monoisotopic (exact) mass is 219 g/mol. The molecule has 1 N–H and O–H groups in total. The molecule has 0 atom stereocenters. The van der Waals surface area contributed by atoms with Crippen LogP contribution in [-0.4, -0.2) is 22.5 Å². The van der Waals surface area contributed by atoms with Gasteiger partial charge in [0.1, 0.15) is 6.61 Å². The molecule has 0 saturated carbocycles. The van der Waals surface area contributed by atoms with Crippen molar-refractivity contribution in [2.75, 3.05) is 6.61 Å². The van der Waals surface area contributed by atoms with Crippen LogP contribution >= 0.6 is 0 Å². The Morgan fingerprint density at radius 1 is 1.44 bits per heavy atom. The van der Waals surface area contributed by atoms with E-state index >= 15 is 0 Å². The zero-order valence-electron chi connectivity index (χ0n) is 9.73. The number of benzene rings is 1. The normalized spacial score (nSPS) is 14.4. The highest BCUT2D eigenvalue weighted by Crippen LogP contribution is 2.30. The van der Waals surface area contributed by atoms with Crippen LogP contribution in [0.1, 0.15) is 36.5 Å². The van der Waals surface area contributed by atoms with Crippen molar-refractivity contribution in [1.29, 1.82) is 0 Å². The smallest absolute Gasteiger partial charge is 0.248 e. The maximum atomic E-state index is 11.4. The Balaban J connectivity index is 2.30. The summed E-state index contributed by atoms with van der Waals surface area (Å²) >= 11 is 0. The molecule has 1 amide bonds. The molecule has 1 aliphatic heterocycles. The molecule has 1 aromatic rings. The maximum Gasteiger partial charge on any atom is 0.248 e. The summed E-state index contributed by atoms with van der Waals surface area (Å²) in [7, 11) is 0. The molecule has 3 nitrogen and oxygen atoms in total. The first kappa shape index (κ1) is 11.1. The van der Waals surface area contributed by atoms with Crippen molar-refractivity contribution in [1.82, 2.24) is 4.90 Å². The van der Waals surface area contributed by atoms with Crippen LogP contribution in [-0.2, 0) is 17.9 Å². The van der Waals surface area contributed by atoms with Gasteiger partial charge in [-0.05, 0) is 22.6 Å². The first-order chi connectivity index (χ1) is 7.63. The number of nitrogens with zero attached hydrogens (tertiary/aromatic N) is 1. The number of aliphatic hydroxyl groups excluding tert-OH is 1. The van der Waals surface area contributed by atoms with E-state index in [2.05, 4.69) is 26.0 Å².